The van der Waals surface area contributed by atoms with Crippen molar-refractivity contribution < 1.29 is 14.5 Å². The number of methoxy groups -OCH3 is 1. The lowest BCUT2D eigenvalue weighted by molar-refractivity contribution is -0.384. The van der Waals surface area contributed by atoms with Crippen molar-refractivity contribution in [3.8, 4) is 0 Å². The molecule has 31 heavy (non-hydrogen) atoms. The first-order valence-corrected chi connectivity index (χ1v) is 9.94. The fraction of sp³-hybridized carbons (Fsp3) is 0.160. The number of benzene rings is 3. The van der Waals surface area contributed by atoms with Gasteiger partial charge in [0, 0.05) is 17.8 Å². The second-order valence-corrected chi connectivity index (χ2v) is 7.46. The Morgan fingerprint density at radius 1 is 0.935 bits per heavy atom. The maximum absolute atomic E-state index is 12.8. The van der Waals surface area contributed by atoms with Crippen LogP contribution in [-0.2, 0) is 9.53 Å². The van der Waals surface area contributed by atoms with Crippen LogP contribution in [0.15, 0.2) is 90.5 Å². The number of esters is 1. The van der Waals surface area contributed by atoms with Crippen LogP contribution in [0.2, 0.25) is 0 Å². The fourth-order valence-electron chi connectivity index (χ4n) is 4.00. The molecule has 0 spiro atoms. The molecule has 1 heterocycles. The molecule has 0 aliphatic carbocycles. The predicted molar refractivity (Wildman–Crippen MR) is 119 cm³/mol. The molecular formula is C25H22N2O4. The number of ether oxygens (including phenoxy) is 1. The predicted octanol–water partition coefficient (Wildman–Crippen LogP) is 5.31. The Morgan fingerprint density at radius 3 is 2.16 bits per heavy atom. The second kappa shape index (κ2) is 8.44. The summed E-state index contributed by atoms with van der Waals surface area (Å²) in [7, 11) is 1.38. The first-order chi connectivity index (χ1) is 15.0. The minimum Gasteiger partial charge on any atom is -0.466 e. The smallest absolute Gasteiger partial charge is 0.335 e. The number of hydrogen-bond donors (Lipinski definition) is 0. The number of hydrogen-bond acceptors (Lipinski definition) is 5. The van der Waals surface area contributed by atoms with Crippen LogP contribution in [0.4, 0.5) is 11.4 Å². The third-order valence-electron chi connectivity index (χ3n) is 5.52. The molecule has 1 aliphatic heterocycles. The molecule has 6 heteroatoms. The number of aryl methyl sites for hydroxylation is 1. The molecule has 0 bridgehead atoms. The zero-order chi connectivity index (χ0) is 22.0. The largest absolute Gasteiger partial charge is 0.466 e. The van der Waals surface area contributed by atoms with E-state index in [0.717, 1.165) is 22.4 Å². The Labute approximate surface area is 180 Å². The average molecular weight is 414 g/mol. The van der Waals surface area contributed by atoms with Gasteiger partial charge in [-0.2, -0.15) is 0 Å². The van der Waals surface area contributed by atoms with E-state index in [1.54, 1.807) is 12.1 Å². The van der Waals surface area contributed by atoms with Gasteiger partial charge in [0.1, 0.15) is 0 Å². The first kappa shape index (κ1) is 20.3. The van der Waals surface area contributed by atoms with E-state index < -0.39 is 10.9 Å². The molecule has 3 aromatic rings. The number of carbonyl (C=O) groups is 1. The summed E-state index contributed by atoms with van der Waals surface area (Å²) >= 11 is 0. The highest BCUT2D eigenvalue weighted by atomic mass is 16.6. The van der Waals surface area contributed by atoms with Crippen molar-refractivity contribution in [3.05, 3.63) is 117 Å². The van der Waals surface area contributed by atoms with Crippen LogP contribution < -0.4 is 4.90 Å². The van der Waals surface area contributed by atoms with Crippen molar-refractivity contribution in [1.82, 2.24) is 0 Å². The maximum atomic E-state index is 12.8. The lowest BCUT2D eigenvalue weighted by Gasteiger charge is -2.34. The molecule has 0 radical (unpaired) electrons. The lowest BCUT2D eigenvalue weighted by Crippen LogP contribution is -2.29. The highest BCUT2D eigenvalue weighted by molar-refractivity contribution is 5.93. The van der Waals surface area contributed by atoms with Gasteiger partial charge in [-0.25, -0.2) is 4.79 Å². The lowest BCUT2D eigenvalue weighted by atomic mass is 9.98. The highest BCUT2D eigenvalue weighted by Crippen LogP contribution is 2.46. The van der Waals surface area contributed by atoms with E-state index in [4.69, 9.17) is 4.74 Å². The highest BCUT2D eigenvalue weighted by Gasteiger charge is 2.40. The Balaban J connectivity index is 1.88. The molecule has 0 saturated carbocycles. The summed E-state index contributed by atoms with van der Waals surface area (Å²) in [6.07, 6.45) is 1.92. The number of nitro benzene ring substituents is 1. The summed E-state index contributed by atoms with van der Waals surface area (Å²) < 4.78 is 5.11. The van der Waals surface area contributed by atoms with Crippen molar-refractivity contribution in [3.63, 3.8) is 0 Å². The molecule has 1 aliphatic rings. The van der Waals surface area contributed by atoms with Crippen LogP contribution in [-0.4, -0.2) is 18.0 Å². The van der Waals surface area contributed by atoms with E-state index in [9.17, 15) is 14.9 Å². The van der Waals surface area contributed by atoms with Crippen LogP contribution in [0.1, 0.15) is 28.8 Å². The van der Waals surface area contributed by atoms with Gasteiger partial charge in [-0.3, -0.25) is 10.1 Å². The standard InChI is InChI=1S/C25H22N2O4/c1-17-8-10-19(11-9-17)24-22(25(28)31-2)16-23(18-6-4-3-5-7-18)26(24)20-12-14-21(15-13-20)27(29)30/h3-16,23-24H,1-2H3/t23-,24+/m0/s1. The molecule has 0 saturated heterocycles. The van der Waals surface area contributed by atoms with Gasteiger partial charge < -0.3 is 9.64 Å². The number of carbonyl (C=O) groups excluding carboxylic acids is 1. The maximum Gasteiger partial charge on any atom is 0.335 e. The zero-order valence-corrected chi connectivity index (χ0v) is 17.3. The molecular weight excluding hydrogens is 392 g/mol. The number of anilines is 1. The zero-order valence-electron chi connectivity index (χ0n) is 17.3. The van der Waals surface area contributed by atoms with Gasteiger partial charge in [0.25, 0.3) is 5.69 Å². The van der Waals surface area contributed by atoms with Gasteiger partial charge in [-0.15, -0.1) is 0 Å². The molecule has 156 valence electrons. The van der Waals surface area contributed by atoms with Gasteiger partial charge in [-0.05, 0) is 36.3 Å². The van der Waals surface area contributed by atoms with Crippen molar-refractivity contribution >= 4 is 17.3 Å². The number of rotatable bonds is 5. The minimum absolute atomic E-state index is 0.0206. The number of non-ortho nitro benzene ring substituents is 1. The van der Waals surface area contributed by atoms with Crippen molar-refractivity contribution in [2.45, 2.75) is 19.0 Å². The fourth-order valence-corrected chi connectivity index (χ4v) is 4.00. The van der Waals surface area contributed by atoms with Crippen molar-refractivity contribution in [2.24, 2.45) is 0 Å². The van der Waals surface area contributed by atoms with Crippen LogP contribution >= 0.6 is 0 Å². The normalized spacial score (nSPS) is 17.9. The van der Waals surface area contributed by atoms with Crippen molar-refractivity contribution in [2.75, 3.05) is 12.0 Å². The topological polar surface area (TPSA) is 72.7 Å². The van der Waals surface area contributed by atoms with Gasteiger partial charge in [-0.1, -0.05) is 60.2 Å². The number of nitrogens with zero attached hydrogens (tertiary/aromatic N) is 2. The van der Waals surface area contributed by atoms with E-state index in [2.05, 4.69) is 4.90 Å². The molecule has 0 amide bonds. The molecule has 0 fully saturated rings. The first-order valence-electron chi connectivity index (χ1n) is 9.94. The van der Waals surface area contributed by atoms with E-state index in [-0.39, 0.29) is 17.8 Å². The third-order valence-corrected chi connectivity index (χ3v) is 5.52. The van der Waals surface area contributed by atoms with Gasteiger partial charge >= 0.3 is 5.97 Å². The van der Waals surface area contributed by atoms with E-state index in [1.807, 2.05) is 67.6 Å². The summed E-state index contributed by atoms with van der Waals surface area (Å²) in [6, 6.07) is 23.7. The van der Waals surface area contributed by atoms with Crippen LogP contribution in [0.5, 0.6) is 0 Å². The van der Waals surface area contributed by atoms with E-state index in [0.29, 0.717) is 5.57 Å². The molecule has 0 N–H and O–H groups in total. The average Bonchev–Trinajstić information content (AvgIpc) is 3.20. The molecule has 4 rings (SSSR count). The SMILES string of the molecule is COC(=O)C1=C[C@@H](c2ccccc2)N(c2ccc([N+](=O)[O-])cc2)[C@@H]1c1ccc(C)cc1. The Kier molecular flexibility index (Phi) is 5.54. The summed E-state index contributed by atoms with van der Waals surface area (Å²) in [5.74, 6) is -0.393. The summed E-state index contributed by atoms with van der Waals surface area (Å²) in [5.41, 5.74) is 4.41. The summed E-state index contributed by atoms with van der Waals surface area (Å²) in [6.45, 7) is 2.01. The quantitative estimate of drug-likeness (QED) is 0.322. The van der Waals surface area contributed by atoms with Gasteiger partial charge in [0.2, 0.25) is 0 Å². The summed E-state index contributed by atoms with van der Waals surface area (Å²) in [5, 5.41) is 11.1. The van der Waals surface area contributed by atoms with Crippen LogP contribution in [0.25, 0.3) is 0 Å². The molecule has 3 aromatic carbocycles. The summed E-state index contributed by atoms with van der Waals surface area (Å²) in [4.78, 5) is 25.6. The molecule has 0 aromatic heterocycles. The van der Waals surface area contributed by atoms with Crippen LogP contribution in [0, 0.1) is 17.0 Å². The minimum atomic E-state index is -0.419. The molecule has 2 atom stereocenters. The van der Waals surface area contributed by atoms with E-state index in [1.165, 1.54) is 19.2 Å². The van der Waals surface area contributed by atoms with Crippen molar-refractivity contribution in [1.29, 1.82) is 0 Å². The second-order valence-electron chi connectivity index (χ2n) is 7.46. The third kappa shape index (κ3) is 3.92. The molecule has 6 nitrogen and oxygen atoms in total. The Bertz CT molecular complexity index is 1120. The van der Waals surface area contributed by atoms with Gasteiger partial charge in [0.05, 0.1) is 29.7 Å². The van der Waals surface area contributed by atoms with E-state index >= 15 is 0 Å². The monoisotopic (exact) mass is 414 g/mol. The Hall–Kier alpha value is -3.93. The van der Waals surface area contributed by atoms with Gasteiger partial charge in [0.15, 0.2) is 0 Å². The Morgan fingerprint density at radius 2 is 1.58 bits per heavy atom. The number of nitro groups is 1. The van der Waals surface area contributed by atoms with Crippen LogP contribution in [0.3, 0.4) is 0 Å². The molecule has 0 unspecified atom stereocenters.